The topological polar surface area (TPSA) is 59.6 Å². The third-order valence-electron chi connectivity index (χ3n) is 4.64. The van der Waals surface area contributed by atoms with E-state index in [0.717, 1.165) is 29.1 Å². The Bertz CT molecular complexity index is 852. The molecule has 2 aromatic heterocycles. The number of nitrogens with zero attached hydrogens (tertiary/aromatic N) is 2. The summed E-state index contributed by atoms with van der Waals surface area (Å²) in [6, 6.07) is 5.91. The Morgan fingerprint density at radius 3 is 2.89 bits per heavy atom. The number of aryl methyl sites for hydroxylation is 1. The van der Waals surface area contributed by atoms with Crippen LogP contribution in [0.3, 0.4) is 0 Å². The van der Waals surface area contributed by atoms with E-state index in [2.05, 4.69) is 16.0 Å². The molecule has 0 aromatic carbocycles. The lowest BCUT2D eigenvalue weighted by molar-refractivity contribution is -0.122. The predicted molar refractivity (Wildman–Crippen MR) is 108 cm³/mol. The van der Waals surface area contributed by atoms with E-state index in [1.54, 1.807) is 11.2 Å². The molecule has 0 atom stereocenters. The standard InChI is InChI=1S/C20H25N3O3S/c1-4-25-9-6-8-22-19(24)18(21-20(22)27)12-16-11-14(2)23(15(16)3)13-17-7-5-10-26-17/h5,7,10-12H,4,6,8-9,13H2,1-3H3,(H,21,27)/b18-12+. The summed E-state index contributed by atoms with van der Waals surface area (Å²) in [7, 11) is 0. The zero-order chi connectivity index (χ0) is 19.4. The monoisotopic (exact) mass is 387 g/mol. The summed E-state index contributed by atoms with van der Waals surface area (Å²) in [5, 5.41) is 3.50. The van der Waals surface area contributed by atoms with Crippen LogP contribution in [0.5, 0.6) is 0 Å². The molecule has 0 unspecified atom stereocenters. The third kappa shape index (κ3) is 4.31. The normalized spacial score (nSPS) is 15.8. The van der Waals surface area contributed by atoms with E-state index in [0.29, 0.717) is 37.1 Å². The number of hydrogen-bond donors (Lipinski definition) is 1. The zero-order valence-corrected chi connectivity index (χ0v) is 16.8. The Hall–Kier alpha value is -2.38. The van der Waals surface area contributed by atoms with Crippen LogP contribution in [-0.4, -0.2) is 40.2 Å². The number of carbonyl (C=O) groups is 1. The number of amides is 1. The highest BCUT2D eigenvalue weighted by atomic mass is 32.1. The predicted octanol–water partition coefficient (Wildman–Crippen LogP) is 3.23. The quantitative estimate of drug-likeness (QED) is 0.428. The summed E-state index contributed by atoms with van der Waals surface area (Å²) < 4.78 is 13.0. The van der Waals surface area contributed by atoms with Gasteiger partial charge in [-0.05, 0) is 69.2 Å². The molecule has 144 valence electrons. The van der Waals surface area contributed by atoms with Gasteiger partial charge in [0, 0.05) is 31.1 Å². The second-order valence-corrected chi connectivity index (χ2v) is 6.87. The lowest BCUT2D eigenvalue weighted by atomic mass is 10.2. The molecule has 1 aliphatic rings. The number of aromatic nitrogens is 1. The van der Waals surface area contributed by atoms with Gasteiger partial charge in [0.1, 0.15) is 11.5 Å². The van der Waals surface area contributed by atoms with Crippen molar-refractivity contribution in [2.45, 2.75) is 33.7 Å². The molecular formula is C20H25N3O3S. The van der Waals surface area contributed by atoms with E-state index in [-0.39, 0.29) is 5.91 Å². The molecular weight excluding hydrogens is 362 g/mol. The minimum atomic E-state index is -0.0904. The molecule has 1 amide bonds. The van der Waals surface area contributed by atoms with Crippen LogP contribution < -0.4 is 5.32 Å². The van der Waals surface area contributed by atoms with Gasteiger partial charge in [-0.1, -0.05) is 0 Å². The van der Waals surface area contributed by atoms with Gasteiger partial charge in [0.2, 0.25) is 0 Å². The van der Waals surface area contributed by atoms with Crippen LogP contribution in [-0.2, 0) is 16.1 Å². The van der Waals surface area contributed by atoms with Gasteiger partial charge in [-0.25, -0.2) is 0 Å². The van der Waals surface area contributed by atoms with Crippen LogP contribution >= 0.6 is 12.2 Å². The van der Waals surface area contributed by atoms with Crippen LogP contribution in [0.25, 0.3) is 6.08 Å². The summed E-state index contributed by atoms with van der Waals surface area (Å²) in [5.74, 6) is 0.806. The molecule has 0 spiro atoms. The van der Waals surface area contributed by atoms with E-state index in [4.69, 9.17) is 21.4 Å². The molecule has 0 aliphatic carbocycles. The largest absolute Gasteiger partial charge is 0.467 e. The highest BCUT2D eigenvalue weighted by Crippen LogP contribution is 2.22. The molecule has 0 saturated carbocycles. The molecule has 1 N–H and O–H groups in total. The van der Waals surface area contributed by atoms with Crippen LogP contribution in [0.1, 0.15) is 36.1 Å². The van der Waals surface area contributed by atoms with Gasteiger partial charge in [-0.15, -0.1) is 0 Å². The Labute approximate surface area is 164 Å². The Kier molecular flexibility index (Phi) is 6.13. The first-order valence-corrected chi connectivity index (χ1v) is 9.53. The van der Waals surface area contributed by atoms with Gasteiger partial charge in [0.15, 0.2) is 5.11 Å². The fraction of sp³-hybridized carbons (Fsp3) is 0.400. The number of rotatable bonds is 8. The third-order valence-corrected chi connectivity index (χ3v) is 4.97. The first-order chi connectivity index (χ1) is 13.0. The van der Waals surface area contributed by atoms with Crippen molar-refractivity contribution >= 4 is 29.3 Å². The fourth-order valence-electron chi connectivity index (χ4n) is 3.17. The number of ether oxygens (including phenoxy) is 1. The summed E-state index contributed by atoms with van der Waals surface area (Å²) in [4.78, 5) is 14.3. The minimum Gasteiger partial charge on any atom is -0.467 e. The maximum absolute atomic E-state index is 12.7. The smallest absolute Gasteiger partial charge is 0.276 e. The van der Waals surface area contributed by atoms with Gasteiger partial charge < -0.3 is 19.0 Å². The summed E-state index contributed by atoms with van der Waals surface area (Å²) in [5.41, 5.74) is 3.69. The summed E-state index contributed by atoms with van der Waals surface area (Å²) >= 11 is 5.32. The Morgan fingerprint density at radius 1 is 1.37 bits per heavy atom. The van der Waals surface area contributed by atoms with E-state index >= 15 is 0 Å². The number of thiocarbonyl (C=S) groups is 1. The van der Waals surface area contributed by atoms with Crippen molar-refractivity contribution in [3.63, 3.8) is 0 Å². The van der Waals surface area contributed by atoms with Crippen molar-refractivity contribution in [3.8, 4) is 0 Å². The molecule has 27 heavy (non-hydrogen) atoms. The van der Waals surface area contributed by atoms with Crippen molar-refractivity contribution in [1.29, 1.82) is 0 Å². The lowest BCUT2D eigenvalue weighted by Gasteiger charge is -2.13. The van der Waals surface area contributed by atoms with Gasteiger partial charge in [0.25, 0.3) is 5.91 Å². The molecule has 0 radical (unpaired) electrons. The molecule has 6 nitrogen and oxygen atoms in total. The molecule has 2 aromatic rings. The molecule has 1 saturated heterocycles. The van der Waals surface area contributed by atoms with Gasteiger partial charge >= 0.3 is 0 Å². The minimum absolute atomic E-state index is 0.0904. The summed E-state index contributed by atoms with van der Waals surface area (Å²) in [6.07, 6.45) is 4.30. The van der Waals surface area contributed by atoms with Crippen molar-refractivity contribution in [3.05, 3.63) is 52.9 Å². The maximum Gasteiger partial charge on any atom is 0.276 e. The van der Waals surface area contributed by atoms with E-state index in [9.17, 15) is 4.79 Å². The van der Waals surface area contributed by atoms with E-state index < -0.39 is 0 Å². The molecule has 1 aliphatic heterocycles. The Morgan fingerprint density at radius 2 is 2.19 bits per heavy atom. The second-order valence-electron chi connectivity index (χ2n) is 6.49. The average molecular weight is 388 g/mol. The van der Waals surface area contributed by atoms with Crippen LogP contribution in [0.4, 0.5) is 0 Å². The summed E-state index contributed by atoms with van der Waals surface area (Å²) in [6.45, 7) is 8.56. The van der Waals surface area contributed by atoms with Gasteiger partial charge in [-0.2, -0.15) is 0 Å². The van der Waals surface area contributed by atoms with Crippen molar-refractivity contribution < 1.29 is 13.9 Å². The fourth-order valence-corrected chi connectivity index (χ4v) is 3.46. The van der Waals surface area contributed by atoms with Crippen molar-refractivity contribution in [2.24, 2.45) is 0 Å². The van der Waals surface area contributed by atoms with E-state index in [1.165, 1.54) is 0 Å². The van der Waals surface area contributed by atoms with Crippen LogP contribution in [0.2, 0.25) is 0 Å². The lowest BCUT2D eigenvalue weighted by Crippen LogP contribution is -2.32. The van der Waals surface area contributed by atoms with Crippen molar-refractivity contribution in [2.75, 3.05) is 19.8 Å². The first-order valence-electron chi connectivity index (χ1n) is 9.12. The number of nitrogens with one attached hydrogen (secondary N) is 1. The van der Waals surface area contributed by atoms with Gasteiger partial charge in [-0.3, -0.25) is 9.69 Å². The van der Waals surface area contributed by atoms with Crippen LogP contribution in [0.15, 0.2) is 34.6 Å². The first kappa shape index (κ1) is 19.4. The maximum atomic E-state index is 12.7. The number of furan rings is 1. The molecule has 0 bridgehead atoms. The van der Waals surface area contributed by atoms with Crippen LogP contribution in [0, 0.1) is 13.8 Å². The van der Waals surface area contributed by atoms with Gasteiger partial charge in [0.05, 0.1) is 12.8 Å². The Balaban J connectivity index is 1.75. The number of carbonyl (C=O) groups excluding carboxylic acids is 1. The molecule has 3 heterocycles. The number of hydrogen-bond acceptors (Lipinski definition) is 4. The zero-order valence-electron chi connectivity index (χ0n) is 15.9. The average Bonchev–Trinajstić information content (AvgIpc) is 3.31. The van der Waals surface area contributed by atoms with Crippen molar-refractivity contribution in [1.82, 2.24) is 14.8 Å². The highest BCUT2D eigenvalue weighted by molar-refractivity contribution is 7.80. The molecule has 1 fully saturated rings. The highest BCUT2D eigenvalue weighted by Gasteiger charge is 2.30. The second kappa shape index (κ2) is 8.54. The molecule has 7 heteroatoms. The molecule has 3 rings (SSSR count). The van der Waals surface area contributed by atoms with E-state index in [1.807, 2.05) is 39.0 Å². The SMILES string of the molecule is CCOCCCN1C(=O)/C(=C\c2cc(C)n(Cc3ccco3)c2C)NC1=S.